The molecule has 0 aliphatic carbocycles. The molecule has 2 aromatic carbocycles. The fourth-order valence-corrected chi connectivity index (χ4v) is 2.85. The van der Waals surface area contributed by atoms with Gasteiger partial charge in [-0.05, 0) is 44.0 Å². The lowest BCUT2D eigenvalue weighted by Crippen LogP contribution is -2.15. The van der Waals surface area contributed by atoms with Crippen molar-refractivity contribution in [2.24, 2.45) is 0 Å². The van der Waals surface area contributed by atoms with E-state index in [0.717, 1.165) is 17.7 Å². The summed E-state index contributed by atoms with van der Waals surface area (Å²) in [5.41, 5.74) is 3.43. The molecular formula is C22H22N4O2. The van der Waals surface area contributed by atoms with Crippen LogP contribution in [0.4, 0.5) is 17.2 Å². The van der Waals surface area contributed by atoms with Crippen LogP contribution in [0, 0.1) is 6.92 Å². The number of benzene rings is 2. The van der Waals surface area contributed by atoms with Crippen molar-refractivity contribution < 1.29 is 9.59 Å². The van der Waals surface area contributed by atoms with Gasteiger partial charge in [-0.15, -0.1) is 0 Å². The number of Topliss-reactive ketones (excluding diaryl/α,β-unsaturated/α-hetero) is 1. The van der Waals surface area contributed by atoms with Crippen LogP contribution in [-0.4, -0.2) is 21.7 Å². The Morgan fingerprint density at radius 2 is 1.79 bits per heavy atom. The van der Waals surface area contributed by atoms with Gasteiger partial charge in [-0.25, -0.2) is 9.97 Å². The number of para-hydroxylation sites is 1. The summed E-state index contributed by atoms with van der Waals surface area (Å²) in [6.45, 7) is 5.31. The number of aryl methyl sites for hydroxylation is 2. The fraction of sp³-hybridized carbons (Fsp3) is 0.182. The monoisotopic (exact) mass is 374 g/mol. The number of hydrogen-bond acceptors (Lipinski definition) is 5. The molecule has 1 aromatic heterocycles. The van der Waals surface area contributed by atoms with Crippen molar-refractivity contribution >= 4 is 28.9 Å². The lowest BCUT2D eigenvalue weighted by atomic mass is 10.1. The Kier molecular flexibility index (Phi) is 5.79. The molecular weight excluding hydrogens is 352 g/mol. The van der Waals surface area contributed by atoms with Crippen molar-refractivity contribution in [3.8, 4) is 0 Å². The van der Waals surface area contributed by atoms with E-state index >= 15 is 0 Å². The molecule has 3 aromatic rings. The van der Waals surface area contributed by atoms with Gasteiger partial charge in [0.15, 0.2) is 5.78 Å². The predicted molar refractivity (Wildman–Crippen MR) is 110 cm³/mol. The minimum absolute atomic E-state index is 0.0601. The minimum atomic E-state index is -0.363. The van der Waals surface area contributed by atoms with Crippen molar-refractivity contribution in [2.45, 2.75) is 27.2 Å². The molecule has 1 heterocycles. The highest BCUT2D eigenvalue weighted by molar-refractivity contribution is 6.04. The van der Waals surface area contributed by atoms with Crippen LogP contribution in [-0.2, 0) is 6.42 Å². The second-order valence-corrected chi connectivity index (χ2v) is 6.41. The summed E-state index contributed by atoms with van der Waals surface area (Å²) in [7, 11) is 0. The van der Waals surface area contributed by atoms with Gasteiger partial charge in [0.1, 0.15) is 17.3 Å². The summed E-state index contributed by atoms with van der Waals surface area (Å²) in [5, 5.41) is 6.06. The lowest BCUT2D eigenvalue weighted by molar-refractivity contribution is 0.100. The van der Waals surface area contributed by atoms with E-state index in [0.29, 0.717) is 22.9 Å². The van der Waals surface area contributed by atoms with Crippen LogP contribution in [0.3, 0.4) is 0 Å². The number of rotatable bonds is 6. The van der Waals surface area contributed by atoms with E-state index in [1.54, 1.807) is 37.3 Å². The first kappa shape index (κ1) is 19.2. The third-order valence-electron chi connectivity index (χ3n) is 4.26. The molecule has 0 atom stereocenters. The Bertz CT molecular complexity index is 1030. The maximum atomic E-state index is 12.7. The molecule has 0 fully saturated rings. The molecule has 6 nitrogen and oxygen atoms in total. The Balaban J connectivity index is 1.83. The standard InChI is InChI=1S/C22H22N4O2/c1-4-16-8-5-6-11-19(16)26-21-13-20(23-15(3)24-21)22(28)25-18-10-7-9-17(12-18)14(2)27/h5-13H,4H2,1-3H3,(H,25,28)(H,23,24,26). The van der Waals surface area contributed by atoms with E-state index in [9.17, 15) is 9.59 Å². The number of anilines is 3. The van der Waals surface area contributed by atoms with Crippen molar-refractivity contribution in [3.05, 3.63) is 77.2 Å². The first-order valence-electron chi connectivity index (χ1n) is 9.09. The Hall–Kier alpha value is -3.54. The molecule has 0 saturated carbocycles. The number of amides is 1. The van der Waals surface area contributed by atoms with Gasteiger partial charge < -0.3 is 10.6 Å². The first-order chi connectivity index (χ1) is 13.5. The number of hydrogen-bond donors (Lipinski definition) is 2. The highest BCUT2D eigenvalue weighted by atomic mass is 16.2. The zero-order valence-corrected chi connectivity index (χ0v) is 16.1. The average molecular weight is 374 g/mol. The SMILES string of the molecule is CCc1ccccc1Nc1cc(C(=O)Nc2cccc(C(C)=O)c2)nc(C)n1. The van der Waals surface area contributed by atoms with Crippen LogP contribution in [0.25, 0.3) is 0 Å². The number of carbonyl (C=O) groups is 2. The lowest BCUT2D eigenvalue weighted by Gasteiger charge is -2.12. The van der Waals surface area contributed by atoms with Gasteiger partial charge in [0.2, 0.25) is 0 Å². The summed E-state index contributed by atoms with van der Waals surface area (Å²) < 4.78 is 0. The molecule has 0 aliphatic heterocycles. The molecule has 0 unspecified atom stereocenters. The van der Waals surface area contributed by atoms with Gasteiger partial charge in [-0.1, -0.05) is 37.3 Å². The van der Waals surface area contributed by atoms with Gasteiger partial charge in [0, 0.05) is 23.0 Å². The van der Waals surface area contributed by atoms with Crippen molar-refractivity contribution in [1.29, 1.82) is 0 Å². The molecule has 0 aliphatic rings. The molecule has 1 amide bonds. The van der Waals surface area contributed by atoms with Crippen molar-refractivity contribution in [3.63, 3.8) is 0 Å². The zero-order chi connectivity index (χ0) is 20.1. The maximum absolute atomic E-state index is 12.7. The fourth-order valence-electron chi connectivity index (χ4n) is 2.85. The maximum Gasteiger partial charge on any atom is 0.274 e. The van der Waals surface area contributed by atoms with Gasteiger partial charge in [0.05, 0.1) is 0 Å². The molecule has 2 N–H and O–H groups in total. The molecule has 0 bridgehead atoms. The summed E-state index contributed by atoms with van der Waals surface area (Å²) in [6.07, 6.45) is 0.882. The van der Waals surface area contributed by atoms with Gasteiger partial charge >= 0.3 is 0 Å². The van der Waals surface area contributed by atoms with E-state index in [-0.39, 0.29) is 17.4 Å². The van der Waals surface area contributed by atoms with E-state index in [1.807, 2.05) is 24.3 Å². The van der Waals surface area contributed by atoms with E-state index in [4.69, 9.17) is 0 Å². The first-order valence-corrected chi connectivity index (χ1v) is 9.09. The number of nitrogens with zero attached hydrogens (tertiary/aromatic N) is 2. The topological polar surface area (TPSA) is 84.0 Å². The summed E-state index contributed by atoms with van der Waals surface area (Å²) >= 11 is 0. The van der Waals surface area contributed by atoms with Crippen molar-refractivity contribution in [2.75, 3.05) is 10.6 Å². The number of ketones is 1. The Labute approximate surface area is 164 Å². The molecule has 0 spiro atoms. The van der Waals surface area contributed by atoms with Crippen LogP contribution in [0.15, 0.2) is 54.6 Å². The molecule has 3 rings (SSSR count). The average Bonchev–Trinajstić information content (AvgIpc) is 2.68. The van der Waals surface area contributed by atoms with E-state index in [2.05, 4.69) is 27.5 Å². The molecule has 28 heavy (non-hydrogen) atoms. The highest BCUT2D eigenvalue weighted by Gasteiger charge is 2.12. The minimum Gasteiger partial charge on any atom is -0.340 e. The second-order valence-electron chi connectivity index (χ2n) is 6.41. The van der Waals surface area contributed by atoms with Crippen LogP contribution in [0.5, 0.6) is 0 Å². The quantitative estimate of drug-likeness (QED) is 0.619. The smallest absolute Gasteiger partial charge is 0.274 e. The number of nitrogens with one attached hydrogen (secondary N) is 2. The van der Waals surface area contributed by atoms with Crippen molar-refractivity contribution in [1.82, 2.24) is 9.97 Å². The van der Waals surface area contributed by atoms with E-state index < -0.39 is 0 Å². The molecule has 6 heteroatoms. The Morgan fingerprint density at radius 1 is 1.00 bits per heavy atom. The molecule has 142 valence electrons. The normalized spacial score (nSPS) is 10.4. The predicted octanol–water partition coefficient (Wildman–Crippen LogP) is 4.55. The van der Waals surface area contributed by atoms with Crippen LogP contribution in [0.2, 0.25) is 0 Å². The van der Waals surface area contributed by atoms with Crippen LogP contribution < -0.4 is 10.6 Å². The van der Waals surface area contributed by atoms with Gasteiger partial charge in [-0.2, -0.15) is 0 Å². The number of aromatic nitrogens is 2. The molecule has 0 saturated heterocycles. The zero-order valence-electron chi connectivity index (χ0n) is 16.1. The highest BCUT2D eigenvalue weighted by Crippen LogP contribution is 2.21. The third-order valence-corrected chi connectivity index (χ3v) is 4.26. The third kappa shape index (κ3) is 4.59. The summed E-state index contributed by atoms with van der Waals surface area (Å²) in [6, 6.07) is 16.4. The van der Waals surface area contributed by atoms with Crippen LogP contribution >= 0.6 is 0 Å². The van der Waals surface area contributed by atoms with Gasteiger partial charge in [-0.3, -0.25) is 9.59 Å². The molecule has 0 radical (unpaired) electrons. The second kappa shape index (κ2) is 8.43. The Morgan fingerprint density at radius 3 is 2.54 bits per heavy atom. The van der Waals surface area contributed by atoms with Gasteiger partial charge in [0.25, 0.3) is 5.91 Å². The van der Waals surface area contributed by atoms with Crippen LogP contribution in [0.1, 0.15) is 46.1 Å². The van der Waals surface area contributed by atoms with E-state index in [1.165, 1.54) is 6.92 Å². The largest absolute Gasteiger partial charge is 0.340 e. The summed E-state index contributed by atoms with van der Waals surface area (Å²) in [4.78, 5) is 32.8. The number of carbonyl (C=O) groups excluding carboxylic acids is 2. The summed E-state index contributed by atoms with van der Waals surface area (Å²) in [5.74, 6) is 0.616.